The fourth-order valence-electron chi connectivity index (χ4n) is 4.25. The summed E-state index contributed by atoms with van der Waals surface area (Å²) >= 11 is 4.81. The second-order valence-corrected chi connectivity index (χ2v) is 11.1. The molecule has 0 saturated carbocycles. The van der Waals surface area contributed by atoms with Gasteiger partial charge in [-0.05, 0) is 79.2 Å². The minimum atomic E-state index is -0.495. The molecule has 13 heteroatoms. The van der Waals surface area contributed by atoms with Crippen molar-refractivity contribution in [2.75, 3.05) is 19.1 Å². The number of rotatable bonds is 11. The van der Waals surface area contributed by atoms with E-state index in [-0.39, 0.29) is 6.61 Å². The maximum atomic E-state index is 12.8. The lowest BCUT2D eigenvalue weighted by Crippen LogP contribution is -2.04. The van der Waals surface area contributed by atoms with Crippen molar-refractivity contribution in [2.24, 2.45) is 5.10 Å². The van der Waals surface area contributed by atoms with Crippen LogP contribution in [-0.2, 0) is 6.61 Å². The first-order valence-corrected chi connectivity index (χ1v) is 15.1. The first-order valence-electron chi connectivity index (χ1n) is 13.4. The van der Waals surface area contributed by atoms with E-state index in [1.54, 1.807) is 35.5 Å². The fourth-order valence-corrected chi connectivity index (χ4v) is 5.37. The number of halogens is 1. The third kappa shape index (κ3) is 6.63. The SMILES string of the molecule is CCOc1cc(Br)cc2cc(-c3csc(N/N=C/c4ccc(OCc5cn(-c6ccc(OC)cc6)nn5)cc4)n3)c(=O)oc12. The molecule has 11 nitrogen and oxygen atoms in total. The Morgan fingerprint density at radius 2 is 1.86 bits per heavy atom. The van der Waals surface area contributed by atoms with Gasteiger partial charge in [0, 0.05) is 15.2 Å². The topological polar surface area (TPSA) is 126 Å². The summed E-state index contributed by atoms with van der Waals surface area (Å²) in [6.07, 6.45) is 3.49. The van der Waals surface area contributed by atoms with Crippen LogP contribution in [0.2, 0.25) is 0 Å². The molecule has 6 aromatic rings. The summed E-state index contributed by atoms with van der Waals surface area (Å²) in [5.74, 6) is 1.97. The smallest absolute Gasteiger partial charge is 0.345 e. The van der Waals surface area contributed by atoms with Gasteiger partial charge in [-0.25, -0.2) is 14.5 Å². The Balaban J connectivity index is 1.05. The molecule has 3 heterocycles. The van der Waals surface area contributed by atoms with Gasteiger partial charge in [-0.15, -0.1) is 16.4 Å². The van der Waals surface area contributed by atoms with E-state index in [0.29, 0.717) is 45.8 Å². The standard InChI is InChI=1S/C31H25BrN6O5S/c1-3-41-28-14-21(32)12-20-13-26(30(39)43-29(20)28)27-18-44-31(34-27)36-33-15-19-4-8-25(9-5-19)42-17-22-16-38(37-35-22)23-6-10-24(40-2)11-7-23/h4-16,18H,3,17H2,1-2H3,(H,34,36)/b33-15+. The molecule has 0 radical (unpaired) electrons. The molecule has 3 aromatic heterocycles. The van der Waals surface area contributed by atoms with E-state index < -0.39 is 5.63 Å². The van der Waals surface area contributed by atoms with Crippen LogP contribution in [0.4, 0.5) is 5.13 Å². The zero-order valence-electron chi connectivity index (χ0n) is 23.6. The molecule has 44 heavy (non-hydrogen) atoms. The Hall–Kier alpha value is -5.01. The molecule has 3 aromatic carbocycles. The Morgan fingerprint density at radius 1 is 1.07 bits per heavy atom. The summed E-state index contributed by atoms with van der Waals surface area (Å²) in [4.78, 5) is 17.3. The molecule has 0 amide bonds. The number of hydrazone groups is 1. The van der Waals surface area contributed by atoms with Crippen LogP contribution in [0, 0.1) is 0 Å². The van der Waals surface area contributed by atoms with Crippen LogP contribution < -0.4 is 25.3 Å². The number of ether oxygens (including phenoxy) is 3. The molecule has 0 saturated heterocycles. The van der Waals surface area contributed by atoms with Crippen molar-refractivity contribution >= 4 is 49.6 Å². The van der Waals surface area contributed by atoms with E-state index in [0.717, 1.165) is 26.9 Å². The number of methoxy groups -OCH3 is 1. The minimum Gasteiger partial charge on any atom is -0.497 e. The van der Waals surface area contributed by atoms with Gasteiger partial charge in [0.15, 0.2) is 11.3 Å². The van der Waals surface area contributed by atoms with Crippen molar-refractivity contribution in [2.45, 2.75) is 13.5 Å². The van der Waals surface area contributed by atoms with E-state index in [4.69, 9.17) is 18.6 Å². The van der Waals surface area contributed by atoms with Gasteiger partial charge in [0.2, 0.25) is 5.13 Å². The van der Waals surface area contributed by atoms with Gasteiger partial charge in [-0.1, -0.05) is 21.1 Å². The number of anilines is 1. The summed E-state index contributed by atoms with van der Waals surface area (Å²) in [5.41, 5.74) is 6.10. The molecule has 222 valence electrons. The summed E-state index contributed by atoms with van der Waals surface area (Å²) in [5, 5.41) is 15.7. The number of benzene rings is 3. The van der Waals surface area contributed by atoms with E-state index in [1.807, 2.05) is 67.7 Å². The zero-order valence-corrected chi connectivity index (χ0v) is 26.0. The molecule has 0 aliphatic rings. The van der Waals surface area contributed by atoms with E-state index in [9.17, 15) is 4.79 Å². The van der Waals surface area contributed by atoms with Gasteiger partial charge in [-0.2, -0.15) is 5.10 Å². The van der Waals surface area contributed by atoms with Crippen molar-refractivity contribution in [3.63, 3.8) is 0 Å². The largest absolute Gasteiger partial charge is 0.497 e. The minimum absolute atomic E-state index is 0.276. The number of fused-ring (bicyclic) bond motifs is 1. The van der Waals surface area contributed by atoms with Crippen molar-refractivity contribution in [1.82, 2.24) is 20.0 Å². The van der Waals surface area contributed by atoms with Crippen molar-refractivity contribution in [1.29, 1.82) is 0 Å². The third-order valence-electron chi connectivity index (χ3n) is 6.36. The molecule has 0 unspecified atom stereocenters. The number of thiazole rings is 1. The molecule has 0 aliphatic carbocycles. The van der Waals surface area contributed by atoms with Gasteiger partial charge in [0.1, 0.15) is 23.8 Å². The number of nitrogens with zero attached hydrogens (tertiary/aromatic N) is 5. The van der Waals surface area contributed by atoms with Crippen LogP contribution in [0.3, 0.4) is 0 Å². The predicted octanol–water partition coefficient (Wildman–Crippen LogP) is 6.69. The molecule has 0 atom stereocenters. The lowest BCUT2D eigenvalue weighted by atomic mass is 10.1. The quantitative estimate of drug-likeness (QED) is 0.0910. The highest BCUT2D eigenvalue weighted by Gasteiger charge is 2.15. The fraction of sp³-hybridized carbons (Fsp3) is 0.129. The van der Waals surface area contributed by atoms with Crippen LogP contribution in [0.5, 0.6) is 17.2 Å². The molecule has 0 spiro atoms. The Morgan fingerprint density at radius 3 is 2.64 bits per heavy atom. The molecular weight excluding hydrogens is 648 g/mol. The monoisotopic (exact) mass is 672 g/mol. The normalized spacial score (nSPS) is 11.2. The highest BCUT2D eigenvalue weighted by molar-refractivity contribution is 9.10. The molecule has 1 N–H and O–H groups in total. The number of aromatic nitrogens is 4. The number of hydrogen-bond acceptors (Lipinski definition) is 11. The van der Waals surface area contributed by atoms with Crippen molar-refractivity contribution in [3.8, 4) is 34.2 Å². The Labute approximate surface area is 263 Å². The van der Waals surface area contributed by atoms with Crippen molar-refractivity contribution in [3.05, 3.63) is 104 Å². The maximum Gasteiger partial charge on any atom is 0.345 e. The Bertz CT molecular complexity index is 1990. The second-order valence-electron chi connectivity index (χ2n) is 9.32. The van der Waals surface area contributed by atoms with Crippen LogP contribution >= 0.6 is 27.3 Å². The highest BCUT2D eigenvalue weighted by atomic mass is 79.9. The molecular formula is C31H25BrN6O5S. The first kappa shape index (κ1) is 29.1. The molecule has 6 rings (SSSR count). The van der Waals surface area contributed by atoms with Crippen LogP contribution in [-0.4, -0.2) is 39.9 Å². The third-order valence-corrected chi connectivity index (χ3v) is 7.57. The average molecular weight is 674 g/mol. The second kappa shape index (κ2) is 13.1. The predicted molar refractivity (Wildman–Crippen MR) is 172 cm³/mol. The lowest BCUT2D eigenvalue weighted by molar-refractivity contribution is 0.301. The van der Waals surface area contributed by atoms with Gasteiger partial charge in [-0.3, -0.25) is 5.43 Å². The van der Waals surface area contributed by atoms with Gasteiger partial charge in [0.25, 0.3) is 0 Å². The summed E-state index contributed by atoms with van der Waals surface area (Å²) in [6, 6.07) is 20.4. The molecule has 0 bridgehead atoms. The summed E-state index contributed by atoms with van der Waals surface area (Å²) in [6.45, 7) is 2.60. The van der Waals surface area contributed by atoms with Crippen LogP contribution in [0.15, 0.2) is 97.1 Å². The van der Waals surface area contributed by atoms with Gasteiger partial charge in [0.05, 0.1) is 43.1 Å². The average Bonchev–Trinajstić information content (AvgIpc) is 3.71. The summed E-state index contributed by atoms with van der Waals surface area (Å²) in [7, 11) is 1.63. The first-order chi connectivity index (χ1) is 21.5. The molecule has 0 aliphatic heterocycles. The zero-order chi connectivity index (χ0) is 30.5. The summed E-state index contributed by atoms with van der Waals surface area (Å²) < 4.78 is 24.8. The highest BCUT2D eigenvalue weighted by Crippen LogP contribution is 2.32. The van der Waals surface area contributed by atoms with Crippen molar-refractivity contribution < 1.29 is 18.6 Å². The van der Waals surface area contributed by atoms with E-state index >= 15 is 0 Å². The molecule has 0 fully saturated rings. The number of nitrogens with one attached hydrogen (secondary N) is 1. The van der Waals surface area contributed by atoms with Gasteiger partial charge >= 0.3 is 5.63 Å². The maximum absolute atomic E-state index is 12.8. The lowest BCUT2D eigenvalue weighted by Gasteiger charge is -2.07. The van der Waals surface area contributed by atoms with E-state index in [1.165, 1.54) is 11.3 Å². The Kier molecular flexibility index (Phi) is 8.66. The van der Waals surface area contributed by atoms with Crippen LogP contribution in [0.25, 0.3) is 27.9 Å². The number of hydrogen-bond donors (Lipinski definition) is 1. The van der Waals surface area contributed by atoms with Gasteiger partial charge < -0.3 is 18.6 Å². The van der Waals surface area contributed by atoms with Crippen LogP contribution in [0.1, 0.15) is 18.2 Å². The van der Waals surface area contributed by atoms with E-state index in [2.05, 4.69) is 41.8 Å².